The molecule has 0 saturated heterocycles. The van der Waals surface area contributed by atoms with Crippen molar-refractivity contribution in [1.82, 2.24) is 24.9 Å². The first-order valence-corrected chi connectivity index (χ1v) is 9.75. The lowest BCUT2D eigenvalue weighted by Gasteiger charge is -2.20. The molecule has 0 aromatic carbocycles. The zero-order chi connectivity index (χ0) is 19.4. The van der Waals surface area contributed by atoms with E-state index in [0.29, 0.717) is 41.1 Å². The molecule has 0 spiro atoms. The Hall–Kier alpha value is -2.45. The fourth-order valence-electron chi connectivity index (χ4n) is 2.75. The van der Waals surface area contributed by atoms with Gasteiger partial charge in [-0.05, 0) is 31.5 Å². The molecule has 7 nitrogen and oxygen atoms in total. The molecule has 0 aliphatic rings. The summed E-state index contributed by atoms with van der Waals surface area (Å²) in [4.78, 5) is 15.9. The van der Waals surface area contributed by atoms with Crippen LogP contribution < -0.4 is 4.74 Å². The van der Waals surface area contributed by atoms with Gasteiger partial charge in [-0.25, -0.2) is 4.68 Å². The van der Waals surface area contributed by atoms with Crippen LogP contribution in [-0.4, -0.2) is 44.4 Å². The minimum Gasteiger partial charge on any atom is -0.480 e. The standard InChI is InChI=1S/C18H20ClN5O2S/c1-4-14-13(10-20-24(14)16-8-9-17(26-3)22-21-16)18(25)23(5-2)11-12-6-7-15(19)27-12/h6-10H,4-5,11H2,1-3H3. The van der Waals surface area contributed by atoms with Crippen molar-refractivity contribution >= 4 is 28.8 Å². The lowest BCUT2D eigenvalue weighted by Crippen LogP contribution is -2.30. The van der Waals surface area contributed by atoms with Gasteiger partial charge in [0.1, 0.15) is 0 Å². The third kappa shape index (κ3) is 4.12. The molecule has 0 N–H and O–H groups in total. The predicted octanol–water partition coefficient (Wildman–Crippen LogP) is 3.61. The number of nitrogens with zero attached hydrogens (tertiary/aromatic N) is 5. The van der Waals surface area contributed by atoms with Crippen molar-refractivity contribution in [2.75, 3.05) is 13.7 Å². The molecule has 0 unspecified atom stereocenters. The van der Waals surface area contributed by atoms with Gasteiger partial charge >= 0.3 is 0 Å². The zero-order valence-electron chi connectivity index (χ0n) is 15.3. The Labute approximate surface area is 166 Å². The van der Waals surface area contributed by atoms with Gasteiger partial charge in [0, 0.05) is 17.5 Å². The van der Waals surface area contributed by atoms with Gasteiger partial charge in [-0.3, -0.25) is 4.79 Å². The van der Waals surface area contributed by atoms with Gasteiger partial charge in [0.25, 0.3) is 5.91 Å². The molecular formula is C18H20ClN5O2S. The Balaban J connectivity index is 1.88. The van der Waals surface area contributed by atoms with Gasteiger partial charge in [0.2, 0.25) is 5.88 Å². The Morgan fingerprint density at radius 2 is 2.07 bits per heavy atom. The van der Waals surface area contributed by atoms with Crippen molar-refractivity contribution in [3.63, 3.8) is 0 Å². The quantitative estimate of drug-likeness (QED) is 0.600. The number of halogens is 1. The van der Waals surface area contributed by atoms with Crippen LogP contribution in [-0.2, 0) is 13.0 Å². The summed E-state index contributed by atoms with van der Waals surface area (Å²) in [5, 5.41) is 12.5. The topological polar surface area (TPSA) is 73.1 Å². The van der Waals surface area contributed by atoms with E-state index in [-0.39, 0.29) is 5.91 Å². The number of amides is 1. The fourth-order valence-corrected chi connectivity index (χ4v) is 3.85. The summed E-state index contributed by atoms with van der Waals surface area (Å²) in [7, 11) is 1.53. The molecule has 27 heavy (non-hydrogen) atoms. The first kappa shape index (κ1) is 19.3. The normalized spacial score (nSPS) is 10.8. The summed E-state index contributed by atoms with van der Waals surface area (Å²) in [5.74, 6) is 0.901. The highest BCUT2D eigenvalue weighted by atomic mass is 35.5. The van der Waals surface area contributed by atoms with Crippen LogP contribution in [0.15, 0.2) is 30.5 Å². The lowest BCUT2D eigenvalue weighted by atomic mass is 10.1. The van der Waals surface area contributed by atoms with Crippen molar-refractivity contribution in [1.29, 1.82) is 0 Å². The molecule has 3 rings (SSSR count). The Kier molecular flexibility index (Phi) is 6.08. The van der Waals surface area contributed by atoms with E-state index >= 15 is 0 Å². The number of carbonyl (C=O) groups excluding carboxylic acids is 1. The number of carbonyl (C=O) groups is 1. The summed E-state index contributed by atoms with van der Waals surface area (Å²) in [5.41, 5.74) is 1.36. The third-order valence-electron chi connectivity index (χ3n) is 4.13. The molecule has 0 bridgehead atoms. The summed E-state index contributed by atoms with van der Waals surface area (Å²) in [6.07, 6.45) is 2.23. The van der Waals surface area contributed by atoms with Crippen LogP contribution in [0.1, 0.15) is 34.8 Å². The van der Waals surface area contributed by atoms with Crippen molar-refractivity contribution in [2.24, 2.45) is 0 Å². The van der Waals surface area contributed by atoms with E-state index in [1.54, 1.807) is 27.9 Å². The van der Waals surface area contributed by atoms with E-state index in [0.717, 1.165) is 10.6 Å². The van der Waals surface area contributed by atoms with Gasteiger partial charge in [-0.2, -0.15) is 5.10 Å². The van der Waals surface area contributed by atoms with Gasteiger partial charge < -0.3 is 9.64 Å². The van der Waals surface area contributed by atoms with Crippen molar-refractivity contribution < 1.29 is 9.53 Å². The maximum absolute atomic E-state index is 13.1. The molecule has 3 heterocycles. The molecule has 0 atom stereocenters. The predicted molar refractivity (Wildman–Crippen MR) is 105 cm³/mol. The number of hydrogen-bond donors (Lipinski definition) is 0. The number of hydrogen-bond acceptors (Lipinski definition) is 6. The average molecular weight is 406 g/mol. The molecule has 0 radical (unpaired) electrons. The largest absolute Gasteiger partial charge is 0.480 e. The van der Waals surface area contributed by atoms with Gasteiger partial charge in [0.05, 0.1) is 35.4 Å². The smallest absolute Gasteiger partial charge is 0.257 e. The minimum atomic E-state index is -0.0633. The molecule has 3 aromatic heterocycles. The van der Waals surface area contributed by atoms with Gasteiger partial charge in [-0.15, -0.1) is 21.5 Å². The number of rotatable bonds is 7. The molecule has 0 saturated carbocycles. The van der Waals surface area contributed by atoms with E-state index in [1.165, 1.54) is 18.4 Å². The van der Waals surface area contributed by atoms with Gasteiger partial charge in [-0.1, -0.05) is 18.5 Å². The summed E-state index contributed by atoms with van der Waals surface area (Å²) in [6.45, 7) is 5.04. The Morgan fingerprint density at radius 1 is 1.26 bits per heavy atom. The third-order valence-corrected chi connectivity index (χ3v) is 5.35. The van der Waals surface area contributed by atoms with Crippen LogP contribution in [0.2, 0.25) is 4.34 Å². The Morgan fingerprint density at radius 3 is 2.63 bits per heavy atom. The number of aromatic nitrogens is 4. The number of methoxy groups -OCH3 is 1. The van der Waals surface area contributed by atoms with Crippen LogP contribution in [0.5, 0.6) is 5.88 Å². The van der Waals surface area contributed by atoms with Crippen molar-refractivity contribution in [2.45, 2.75) is 26.8 Å². The van der Waals surface area contributed by atoms with Crippen LogP contribution in [0.3, 0.4) is 0 Å². The minimum absolute atomic E-state index is 0.0633. The zero-order valence-corrected chi connectivity index (χ0v) is 16.9. The molecule has 0 fully saturated rings. The monoisotopic (exact) mass is 405 g/mol. The summed E-state index contributed by atoms with van der Waals surface area (Å²) in [6, 6.07) is 7.26. The maximum atomic E-state index is 13.1. The second-order valence-corrected chi connectivity index (χ2v) is 7.53. The molecule has 3 aromatic rings. The van der Waals surface area contributed by atoms with Crippen LogP contribution in [0.4, 0.5) is 0 Å². The van der Waals surface area contributed by atoms with Gasteiger partial charge in [0.15, 0.2) is 5.82 Å². The van der Waals surface area contributed by atoms with Crippen LogP contribution in [0.25, 0.3) is 5.82 Å². The summed E-state index contributed by atoms with van der Waals surface area (Å²) >= 11 is 7.48. The molecule has 0 aliphatic carbocycles. The van der Waals surface area contributed by atoms with Crippen molar-refractivity contribution in [3.05, 3.63) is 50.9 Å². The van der Waals surface area contributed by atoms with E-state index in [1.807, 2.05) is 26.0 Å². The molecule has 9 heteroatoms. The lowest BCUT2D eigenvalue weighted by molar-refractivity contribution is 0.0753. The number of ether oxygens (including phenoxy) is 1. The van der Waals surface area contributed by atoms with E-state index in [2.05, 4.69) is 15.3 Å². The number of thiophene rings is 1. The highest BCUT2D eigenvalue weighted by molar-refractivity contribution is 7.16. The molecular weight excluding hydrogens is 386 g/mol. The Bertz CT molecular complexity index is 922. The van der Waals surface area contributed by atoms with E-state index in [4.69, 9.17) is 16.3 Å². The SMILES string of the molecule is CCc1c(C(=O)N(CC)Cc2ccc(Cl)s2)cnn1-c1ccc(OC)nn1. The van der Waals surface area contributed by atoms with Crippen molar-refractivity contribution in [3.8, 4) is 11.7 Å². The molecule has 1 amide bonds. The molecule has 0 aliphatic heterocycles. The van der Waals surface area contributed by atoms with E-state index in [9.17, 15) is 4.79 Å². The van der Waals surface area contributed by atoms with Crippen LogP contribution >= 0.6 is 22.9 Å². The summed E-state index contributed by atoms with van der Waals surface area (Å²) < 4.78 is 7.40. The first-order valence-electron chi connectivity index (χ1n) is 8.55. The fraction of sp³-hybridized carbons (Fsp3) is 0.333. The highest BCUT2D eigenvalue weighted by Crippen LogP contribution is 2.24. The highest BCUT2D eigenvalue weighted by Gasteiger charge is 2.22. The van der Waals surface area contributed by atoms with Crippen LogP contribution in [0, 0.1) is 0 Å². The first-order chi connectivity index (χ1) is 13.1. The maximum Gasteiger partial charge on any atom is 0.257 e. The average Bonchev–Trinajstić information content (AvgIpc) is 3.31. The second-order valence-electron chi connectivity index (χ2n) is 5.73. The van der Waals surface area contributed by atoms with E-state index < -0.39 is 0 Å². The molecule has 142 valence electrons. The second kappa shape index (κ2) is 8.49.